The molecule has 1 aromatic heterocycles. The summed E-state index contributed by atoms with van der Waals surface area (Å²) in [6.45, 7) is 8.55. The van der Waals surface area contributed by atoms with Crippen LogP contribution in [-0.4, -0.2) is 62.1 Å². The number of fused-ring (bicyclic) bond motifs is 1. The average molecular weight is 607 g/mol. The van der Waals surface area contributed by atoms with Crippen LogP contribution < -0.4 is 19.8 Å². The molecule has 0 N–H and O–H groups in total. The van der Waals surface area contributed by atoms with E-state index in [0.717, 1.165) is 16.8 Å². The van der Waals surface area contributed by atoms with Gasteiger partial charge >= 0.3 is 5.97 Å². The number of thiazole rings is 1. The number of ether oxygens (including phenoxy) is 3. The maximum Gasteiger partial charge on any atom is 0.338 e. The highest BCUT2D eigenvalue weighted by Gasteiger charge is 2.33. The van der Waals surface area contributed by atoms with E-state index in [0.29, 0.717) is 52.8 Å². The van der Waals surface area contributed by atoms with Crippen molar-refractivity contribution in [1.29, 1.82) is 0 Å². The van der Waals surface area contributed by atoms with Crippen molar-refractivity contribution < 1.29 is 23.9 Å². The van der Waals surface area contributed by atoms with Crippen LogP contribution in [0.15, 0.2) is 63.5 Å². The molecule has 0 saturated carbocycles. The number of non-ortho nitro benzene ring substituents is 1. The number of benzene rings is 2. The Balaban J connectivity index is 1.67. The summed E-state index contributed by atoms with van der Waals surface area (Å²) >= 11 is 1.18. The van der Waals surface area contributed by atoms with Crippen LogP contribution in [0.2, 0.25) is 0 Å². The lowest BCUT2D eigenvalue weighted by molar-refractivity contribution is -0.384. The minimum absolute atomic E-state index is 0.0621. The molecular weight excluding hydrogens is 572 g/mol. The van der Waals surface area contributed by atoms with E-state index in [1.54, 1.807) is 19.1 Å². The number of aromatic nitrogens is 1. The molecule has 0 amide bonds. The Labute approximate surface area is 252 Å². The van der Waals surface area contributed by atoms with Crippen LogP contribution in [0.3, 0.4) is 0 Å². The van der Waals surface area contributed by atoms with E-state index in [-0.39, 0.29) is 30.0 Å². The third-order valence-electron chi connectivity index (χ3n) is 7.54. The Morgan fingerprint density at radius 1 is 1.19 bits per heavy atom. The first-order chi connectivity index (χ1) is 20.7. The second-order valence-corrected chi connectivity index (χ2v) is 11.6. The molecule has 12 heteroatoms. The van der Waals surface area contributed by atoms with Crippen LogP contribution in [0.5, 0.6) is 0 Å². The highest BCUT2D eigenvalue weighted by atomic mass is 32.1. The van der Waals surface area contributed by atoms with Gasteiger partial charge in [0.15, 0.2) is 4.80 Å². The number of anilines is 1. The molecule has 3 aromatic rings. The number of hydrogen-bond acceptors (Lipinski definition) is 10. The number of nitrogens with zero attached hydrogens (tertiary/aromatic N) is 4. The van der Waals surface area contributed by atoms with Gasteiger partial charge in [0.1, 0.15) is 6.61 Å². The van der Waals surface area contributed by atoms with Crippen molar-refractivity contribution in [2.75, 3.05) is 51.5 Å². The number of carbonyl (C=O) groups is 1. The van der Waals surface area contributed by atoms with Gasteiger partial charge in [-0.2, -0.15) is 0 Å². The summed E-state index contributed by atoms with van der Waals surface area (Å²) in [6.07, 6.45) is 1.68. The molecule has 3 heterocycles. The Bertz CT molecular complexity index is 1730. The molecule has 0 spiro atoms. The SMILES string of the molecule is COCCOC(=O)C1=C(C)N=c2sc(=Cc3cc([N+](=O)[O-])ccc3N3CCOCC3)c(=O)n2C1c1ccc(C(C)C)cc1. The number of rotatable bonds is 9. The first kappa shape index (κ1) is 30.3. The second-order valence-electron chi connectivity index (χ2n) is 10.6. The number of allylic oxidation sites excluding steroid dienone is 1. The first-order valence-corrected chi connectivity index (χ1v) is 14.9. The summed E-state index contributed by atoms with van der Waals surface area (Å²) in [5, 5.41) is 11.6. The van der Waals surface area contributed by atoms with E-state index in [9.17, 15) is 19.7 Å². The third-order valence-corrected chi connectivity index (χ3v) is 8.52. The predicted molar refractivity (Wildman–Crippen MR) is 163 cm³/mol. The summed E-state index contributed by atoms with van der Waals surface area (Å²) in [7, 11) is 1.52. The minimum Gasteiger partial charge on any atom is -0.460 e. The number of morpholine rings is 1. The van der Waals surface area contributed by atoms with Crippen molar-refractivity contribution in [2.24, 2.45) is 4.99 Å². The van der Waals surface area contributed by atoms with Crippen molar-refractivity contribution in [3.63, 3.8) is 0 Å². The van der Waals surface area contributed by atoms with Crippen LogP contribution in [0.25, 0.3) is 6.08 Å². The van der Waals surface area contributed by atoms with E-state index < -0.39 is 16.9 Å². The van der Waals surface area contributed by atoms with E-state index in [1.807, 2.05) is 24.3 Å². The number of esters is 1. The lowest BCUT2D eigenvalue weighted by Gasteiger charge is -2.30. The molecule has 0 radical (unpaired) electrons. The van der Waals surface area contributed by atoms with Gasteiger partial charge in [-0.1, -0.05) is 49.4 Å². The number of nitro groups is 1. The fraction of sp³-hybridized carbons (Fsp3) is 0.387. The lowest BCUT2D eigenvalue weighted by Crippen LogP contribution is -2.40. The Morgan fingerprint density at radius 3 is 2.56 bits per heavy atom. The standard InChI is InChI=1S/C31H34N4O7S/c1-19(2)21-5-7-22(8-6-21)28-27(30(37)42-16-15-40-4)20(3)32-31-34(28)29(36)26(43-31)18-23-17-24(35(38)39)9-10-25(23)33-11-13-41-14-12-33/h5-10,17-19,28H,11-16H2,1-4H3. The Morgan fingerprint density at radius 2 is 1.91 bits per heavy atom. The van der Waals surface area contributed by atoms with Gasteiger partial charge in [-0.25, -0.2) is 9.79 Å². The molecule has 0 bridgehead atoms. The quantitative estimate of drug-likeness (QED) is 0.157. The summed E-state index contributed by atoms with van der Waals surface area (Å²) in [4.78, 5) is 45.9. The maximum absolute atomic E-state index is 14.1. The van der Waals surface area contributed by atoms with Gasteiger partial charge in [-0.05, 0) is 36.1 Å². The summed E-state index contributed by atoms with van der Waals surface area (Å²) in [5.41, 5.74) is 3.51. The number of carbonyl (C=O) groups excluding carboxylic acids is 1. The van der Waals surface area contributed by atoms with E-state index in [4.69, 9.17) is 14.2 Å². The molecule has 2 aliphatic rings. The molecular formula is C31H34N4O7S. The zero-order chi connectivity index (χ0) is 30.7. The number of hydrogen-bond donors (Lipinski definition) is 0. The van der Waals surface area contributed by atoms with Gasteiger partial charge in [-0.3, -0.25) is 19.5 Å². The molecule has 0 aliphatic carbocycles. The van der Waals surface area contributed by atoms with Gasteiger partial charge in [0, 0.05) is 43.6 Å². The molecule has 1 unspecified atom stereocenters. The first-order valence-electron chi connectivity index (χ1n) is 14.1. The van der Waals surface area contributed by atoms with Crippen molar-refractivity contribution in [2.45, 2.75) is 32.7 Å². The fourth-order valence-electron chi connectivity index (χ4n) is 5.26. The van der Waals surface area contributed by atoms with Crippen LogP contribution >= 0.6 is 11.3 Å². The lowest BCUT2D eigenvalue weighted by atomic mass is 9.93. The molecule has 226 valence electrons. The maximum atomic E-state index is 14.1. The van der Waals surface area contributed by atoms with Crippen LogP contribution in [-0.2, 0) is 19.0 Å². The highest BCUT2D eigenvalue weighted by Crippen LogP contribution is 2.32. The predicted octanol–water partition coefficient (Wildman–Crippen LogP) is 3.29. The highest BCUT2D eigenvalue weighted by molar-refractivity contribution is 7.07. The van der Waals surface area contributed by atoms with Crippen molar-refractivity contribution >= 4 is 34.8 Å². The van der Waals surface area contributed by atoms with Gasteiger partial charge in [0.2, 0.25) is 0 Å². The molecule has 2 aromatic carbocycles. The van der Waals surface area contributed by atoms with Gasteiger partial charge < -0.3 is 19.1 Å². The van der Waals surface area contributed by atoms with Gasteiger partial charge in [0.05, 0.1) is 46.6 Å². The number of methoxy groups -OCH3 is 1. The molecule has 11 nitrogen and oxygen atoms in total. The molecule has 5 rings (SSSR count). The molecule has 1 fully saturated rings. The zero-order valence-corrected chi connectivity index (χ0v) is 25.4. The fourth-order valence-corrected chi connectivity index (χ4v) is 6.30. The van der Waals surface area contributed by atoms with E-state index >= 15 is 0 Å². The number of nitro benzene ring substituents is 1. The Hall–Kier alpha value is -4.13. The van der Waals surface area contributed by atoms with Crippen molar-refractivity contribution in [3.8, 4) is 0 Å². The van der Waals surface area contributed by atoms with Crippen LogP contribution in [0, 0.1) is 10.1 Å². The molecule has 2 aliphatic heterocycles. The molecule has 43 heavy (non-hydrogen) atoms. The summed E-state index contributed by atoms with van der Waals surface area (Å²) in [6, 6.07) is 11.7. The van der Waals surface area contributed by atoms with E-state index in [1.165, 1.54) is 35.1 Å². The molecule has 1 saturated heterocycles. The van der Waals surface area contributed by atoms with Crippen molar-refractivity contribution in [1.82, 2.24) is 4.57 Å². The van der Waals surface area contributed by atoms with E-state index in [2.05, 4.69) is 23.7 Å². The molecule has 1 atom stereocenters. The minimum atomic E-state index is -0.765. The Kier molecular flexibility index (Phi) is 9.19. The topological polar surface area (TPSA) is 126 Å². The normalized spacial score (nSPS) is 17.2. The third kappa shape index (κ3) is 6.31. The van der Waals surface area contributed by atoms with Crippen molar-refractivity contribution in [3.05, 3.63) is 100 Å². The van der Waals surface area contributed by atoms with Gasteiger partial charge in [-0.15, -0.1) is 0 Å². The summed E-state index contributed by atoms with van der Waals surface area (Å²) < 4.78 is 17.9. The largest absolute Gasteiger partial charge is 0.460 e. The second kappa shape index (κ2) is 13.0. The average Bonchev–Trinajstić information content (AvgIpc) is 3.30. The monoisotopic (exact) mass is 606 g/mol. The van der Waals surface area contributed by atoms with Crippen LogP contribution in [0.4, 0.5) is 11.4 Å². The van der Waals surface area contributed by atoms with Gasteiger partial charge in [0.25, 0.3) is 11.2 Å². The summed E-state index contributed by atoms with van der Waals surface area (Å²) in [5.74, 6) is -0.263. The zero-order valence-electron chi connectivity index (χ0n) is 24.6. The van der Waals surface area contributed by atoms with Crippen LogP contribution in [0.1, 0.15) is 49.4 Å². The smallest absolute Gasteiger partial charge is 0.338 e.